The minimum absolute atomic E-state index is 0.00755. The monoisotopic (exact) mass is 242 g/mol. The van der Waals surface area contributed by atoms with Gasteiger partial charge in [-0.25, -0.2) is 9.59 Å². The zero-order valence-corrected chi connectivity index (χ0v) is 10.9. The fourth-order valence-corrected chi connectivity index (χ4v) is 1.82. The van der Waals surface area contributed by atoms with Crippen molar-refractivity contribution in [1.29, 1.82) is 0 Å². The molecule has 0 aliphatic rings. The van der Waals surface area contributed by atoms with Crippen molar-refractivity contribution in [3.8, 4) is 0 Å². The second-order valence-electron chi connectivity index (χ2n) is 5.06. The van der Waals surface area contributed by atoms with E-state index in [2.05, 4.69) is 13.8 Å². The summed E-state index contributed by atoms with van der Waals surface area (Å²) in [4.78, 5) is 21.7. The number of aliphatic carboxylic acids is 2. The smallest absolute Gasteiger partial charge is 0.332 e. The second kappa shape index (κ2) is 7.09. The van der Waals surface area contributed by atoms with Gasteiger partial charge in [-0.15, -0.1) is 0 Å². The zero-order chi connectivity index (χ0) is 13.6. The Morgan fingerprint density at radius 3 is 1.88 bits per heavy atom. The molecule has 0 aromatic carbocycles. The first-order valence-electron chi connectivity index (χ1n) is 5.93. The van der Waals surface area contributed by atoms with Crippen LogP contribution in [0.2, 0.25) is 0 Å². The summed E-state index contributed by atoms with van der Waals surface area (Å²) in [5, 5.41) is 17.8. The lowest BCUT2D eigenvalue weighted by atomic mass is 9.82. The van der Waals surface area contributed by atoms with Gasteiger partial charge >= 0.3 is 11.9 Å². The minimum Gasteiger partial charge on any atom is -0.478 e. The predicted octanol–water partition coefficient (Wildman–Crippen LogP) is 2.79. The van der Waals surface area contributed by atoms with Crippen LogP contribution in [0.3, 0.4) is 0 Å². The summed E-state index contributed by atoms with van der Waals surface area (Å²) in [6, 6.07) is 0. The van der Waals surface area contributed by atoms with E-state index in [-0.39, 0.29) is 17.4 Å². The molecule has 4 heteroatoms. The molecule has 0 saturated carbocycles. The van der Waals surface area contributed by atoms with Gasteiger partial charge in [-0.05, 0) is 24.2 Å². The Labute approximate surface area is 102 Å². The van der Waals surface area contributed by atoms with Crippen molar-refractivity contribution < 1.29 is 19.8 Å². The number of carboxylic acids is 2. The Morgan fingerprint density at radius 1 is 1.06 bits per heavy atom. The first-order valence-corrected chi connectivity index (χ1v) is 5.93. The molecule has 0 aliphatic carbocycles. The molecule has 0 amide bonds. The van der Waals surface area contributed by atoms with E-state index >= 15 is 0 Å². The van der Waals surface area contributed by atoms with Gasteiger partial charge in [0.25, 0.3) is 0 Å². The van der Waals surface area contributed by atoms with Crippen molar-refractivity contribution in [2.75, 3.05) is 0 Å². The van der Waals surface area contributed by atoms with Gasteiger partial charge in [-0.2, -0.15) is 0 Å². The molecule has 0 aromatic rings. The lowest BCUT2D eigenvalue weighted by Crippen LogP contribution is -2.20. The first kappa shape index (κ1) is 15.7. The molecule has 4 nitrogen and oxygen atoms in total. The van der Waals surface area contributed by atoms with Crippen molar-refractivity contribution in [2.24, 2.45) is 17.8 Å². The largest absolute Gasteiger partial charge is 0.478 e. The van der Waals surface area contributed by atoms with Crippen LogP contribution >= 0.6 is 0 Å². The summed E-state index contributed by atoms with van der Waals surface area (Å²) < 4.78 is 0. The van der Waals surface area contributed by atoms with E-state index in [0.29, 0.717) is 12.3 Å². The number of rotatable bonds is 7. The normalized spacial score (nSPS) is 14.1. The SMILES string of the molecule is CC(C)CCC(C(=CC(=O)O)C(=O)O)C(C)C. The molecular formula is C13H22O4. The van der Waals surface area contributed by atoms with E-state index in [1.165, 1.54) is 0 Å². The van der Waals surface area contributed by atoms with Gasteiger partial charge in [0.1, 0.15) is 0 Å². The maximum absolute atomic E-state index is 11.1. The zero-order valence-electron chi connectivity index (χ0n) is 10.9. The summed E-state index contributed by atoms with van der Waals surface area (Å²) in [5.41, 5.74) is 0.00755. The molecule has 98 valence electrons. The molecule has 0 heterocycles. The number of hydrogen-bond donors (Lipinski definition) is 2. The van der Waals surface area contributed by atoms with Gasteiger partial charge in [0.2, 0.25) is 0 Å². The van der Waals surface area contributed by atoms with Crippen LogP contribution in [0.25, 0.3) is 0 Å². The molecule has 1 atom stereocenters. The Balaban J connectivity index is 4.98. The van der Waals surface area contributed by atoms with Crippen LogP contribution in [0.1, 0.15) is 40.5 Å². The van der Waals surface area contributed by atoms with Gasteiger partial charge in [0.15, 0.2) is 0 Å². The number of carboxylic acid groups (broad SMARTS) is 2. The van der Waals surface area contributed by atoms with Crippen molar-refractivity contribution in [1.82, 2.24) is 0 Å². The average Bonchev–Trinajstić information content (AvgIpc) is 2.14. The lowest BCUT2D eigenvalue weighted by molar-refractivity contribution is -0.135. The minimum atomic E-state index is -1.20. The molecule has 0 spiro atoms. The molecule has 17 heavy (non-hydrogen) atoms. The predicted molar refractivity (Wildman–Crippen MR) is 65.8 cm³/mol. The third-order valence-electron chi connectivity index (χ3n) is 2.79. The summed E-state index contributed by atoms with van der Waals surface area (Å²) in [7, 11) is 0. The third-order valence-corrected chi connectivity index (χ3v) is 2.79. The summed E-state index contributed by atoms with van der Waals surface area (Å²) >= 11 is 0. The molecular weight excluding hydrogens is 220 g/mol. The van der Waals surface area contributed by atoms with Crippen LogP contribution in [-0.4, -0.2) is 22.2 Å². The van der Waals surface area contributed by atoms with Crippen LogP contribution in [0, 0.1) is 17.8 Å². The summed E-state index contributed by atoms with van der Waals surface area (Å²) in [6.07, 6.45) is 2.43. The molecule has 0 rings (SSSR count). The molecule has 0 bridgehead atoms. The van der Waals surface area contributed by atoms with Crippen molar-refractivity contribution in [3.63, 3.8) is 0 Å². The highest BCUT2D eigenvalue weighted by Crippen LogP contribution is 2.27. The Hall–Kier alpha value is -1.32. The Morgan fingerprint density at radius 2 is 1.59 bits per heavy atom. The van der Waals surface area contributed by atoms with E-state index in [1.807, 2.05) is 13.8 Å². The van der Waals surface area contributed by atoms with E-state index in [1.54, 1.807) is 0 Å². The molecule has 0 aliphatic heterocycles. The van der Waals surface area contributed by atoms with Crippen LogP contribution in [0.15, 0.2) is 11.6 Å². The lowest BCUT2D eigenvalue weighted by Gasteiger charge is -2.22. The van der Waals surface area contributed by atoms with E-state index in [9.17, 15) is 9.59 Å². The molecule has 0 aromatic heterocycles. The van der Waals surface area contributed by atoms with Crippen molar-refractivity contribution in [2.45, 2.75) is 40.5 Å². The molecule has 0 saturated heterocycles. The standard InChI is InChI=1S/C13H22O4/c1-8(2)5-6-10(9(3)4)11(13(16)17)7-12(14)15/h7-10H,5-6H2,1-4H3,(H,14,15)(H,16,17). The van der Waals surface area contributed by atoms with Crippen LogP contribution in [-0.2, 0) is 9.59 Å². The number of carbonyl (C=O) groups is 2. The van der Waals surface area contributed by atoms with E-state index < -0.39 is 11.9 Å². The first-order chi connectivity index (χ1) is 7.75. The maximum Gasteiger partial charge on any atom is 0.332 e. The molecule has 0 radical (unpaired) electrons. The Bertz CT molecular complexity index is 303. The maximum atomic E-state index is 11.1. The van der Waals surface area contributed by atoms with Crippen LogP contribution in [0.5, 0.6) is 0 Å². The highest BCUT2D eigenvalue weighted by molar-refractivity contribution is 5.95. The van der Waals surface area contributed by atoms with Crippen molar-refractivity contribution >= 4 is 11.9 Å². The fraction of sp³-hybridized carbons (Fsp3) is 0.692. The van der Waals surface area contributed by atoms with E-state index in [0.717, 1.165) is 12.5 Å². The third kappa shape index (κ3) is 6.09. The van der Waals surface area contributed by atoms with Crippen LogP contribution < -0.4 is 0 Å². The average molecular weight is 242 g/mol. The fourth-order valence-electron chi connectivity index (χ4n) is 1.82. The van der Waals surface area contributed by atoms with Gasteiger partial charge in [0.05, 0.1) is 0 Å². The van der Waals surface area contributed by atoms with E-state index in [4.69, 9.17) is 10.2 Å². The quantitative estimate of drug-likeness (QED) is 0.673. The van der Waals surface area contributed by atoms with Gasteiger partial charge < -0.3 is 10.2 Å². The number of hydrogen-bond acceptors (Lipinski definition) is 2. The highest BCUT2D eigenvalue weighted by atomic mass is 16.4. The topological polar surface area (TPSA) is 74.6 Å². The van der Waals surface area contributed by atoms with Gasteiger partial charge in [-0.1, -0.05) is 34.1 Å². The van der Waals surface area contributed by atoms with Gasteiger partial charge in [-0.3, -0.25) is 0 Å². The highest BCUT2D eigenvalue weighted by Gasteiger charge is 2.24. The molecule has 2 N–H and O–H groups in total. The van der Waals surface area contributed by atoms with Crippen molar-refractivity contribution in [3.05, 3.63) is 11.6 Å². The van der Waals surface area contributed by atoms with Gasteiger partial charge in [0, 0.05) is 11.6 Å². The molecule has 1 unspecified atom stereocenters. The summed E-state index contributed by atoms with van der Waals surface area (Å²) in [5.74, 6) is -1.93. The van der Waals surface area contributed by atoms with Crippen LogP contribution in [0.4, 0.5) is 0 Å². The second-order valence-corrected chi connectivity index (χ2v) is 5.06. The summed E-state index contributed by atoms with van der Waals surface area (Å²) in [6.45, 7) is 7.98. The Kier molecular flexibility index (Phi) is 6.54. The molecule has 0 fully saturated rings.